The van der Waals surface area contributed by atoms with Crippen LogP contribution in [-0.2, 0) is 28.0 Å². The van der Waals surface area contributed by atoms with Crippen molar-refractivity contribution in [3.05, 3.63) is 18.2 Å². The second kappa shape index (κ2) is 6.68. The predicted octanol–water partition coefficient (Wildman–Crippen LogP) is 2.49. The van der Waals surface area contributed by atoms with E-state index < -0.39 is 5.41 Å². The van der Waals surface area contributed by atoms with Crippen molar-refractivity contribution in [1.82, 2.24) is 9.55 Å². The Bertz CT molecular complexity index is 481. The first-order valence-corrected chi connectivity index (χ1v) is 6.93. The standard InChI is InChI=1S/C15H24N2O3/c1-6-15(4,7-11(2)12(3)18)14(19)20-9-13-8-16-10-17(13)5/h8,10-11H,6-7,9H2,1-5H3. The molecule has 5 heteroatoms. The molecule has 0 saturated heterocycles. The first-order valence-electron chi connectivity index (χ1n) is 6.93. The fourth-order valence-corrected chi connectivity index (χ4v) is 2.03. The van der Waals surface area contributed by atoms with Crippen LogP contribution in [0.2, 0.25) is 0 Å². The maximum absolute atomic E-state index is 12.3. The number of carbonyl (C=O) groups is 2. The molecule has 0 aliphatic rings. The Morgan fingerprint density at radius 3 is 2.60 bits per heavy atom. The molecule has 0 radical (unpaired) electrons. The van der Waals surface area contributed by atoms with E-state index in [0.29, 0.717) is 12.8 Å². The van der Waals surface area contributed by atoms with Crippen LogP contribution >= 0.6 is 0 Å². The number of ketones is 1. The lowest BCUT2D eigenvalue weighted by Gasteiger charge is -2.28. The first kappa shape index (κ1) is 16.4. The Morgan fingerprint density at radius 1 is 1.50 bits per heavy atom. The molecule has 0 N–H and O–H groups in total. The van der Waals surface area contributed by atoms with Gasteiger partial charge in [-0.05, 0) is 26.7 Å². The summed E-state index contributed by atoms with van der Waals surface area (Å²) in [4.78, 5) is 27.7. The zero-order valence-electron chi connectivity index (χ0n) is 13.0. The number of nitrogens with zero attached hydrogens (tertiary/aromatic N) is 2. The third-order valence-corrected chi connectivity index (χ3v) is 3.99. The number of rotatable bonds is 7. The van der Waals surface area contributed by atoms with Crippen LogP contribution in [0.25, 0.3) is 0 Å². The minimum absolute atomic E-state index is 0.101. The van der Waals surface area contributed by atoms with Gasteiger partial charge in [-0.3, -0.25) is 9.59 Å². The van der Waals surface area contributed by atoms with Gasteiger partial charge in [0.15, 0.2) is 0 Å². The number of hydrogen-bond donors (Lipinski definition) is 0. The monoisotopic (exact) mass is 280 g/mol. The molecule has 0 aliphatic carbocycles. The molecule has 0 amide bonds. The number of aromatic nitrogens is 2. The van der Waals surface area contributed by atoms with Gasteiger partial charge in [0, 0.05) is 13.0 Å². The number of imidazole rings is 1. The highest BCUT2D eigenvalue weighted by atomic mass is 16.5. The van der Waals surface area contributed by atoms with Gasteiger partial charge in [-0.1, -0.05) is 13.8 Å². The first-order chi connectivity index (χ1) is 9.30. The third-order valence-electron chi connectivity index (χ3n) is 3.99. The molecule has 0 saturated carbocycles. The van der Waals surface area contributed by atoms with Crippen molar-refractivity contribution >= 4 is 11.8 Å². The number of ether oxygens (including phenoxy) is 1. The molecule has 0 fully saturated rings. The molecule has 0 bridgehead atoms. The highest BCUT2D eigenvalue weighted by molar-refractivity contribution is 5.80. The molecular formula is C15H24N2O3. The molecule has 2 unspecified atom stereocenters. The smallest absolute Gasteiger partial charge is 0.312 e. The summed E-state index contributed by atoms with van der Waals surface area (Å²) in [6.45, 7) is 7.42. The van der Waals surface area contributed by atoms with E-state index in [1.165, 1.54) is 0 Å². The molecule has 1 heterocycles. The van der Waals surface area contributed by atoms with Crippen LogP contribution in [-0.4, -0.2) is 21.3 Å². The number of esters is 1. The maximum Gasteiger partial charge on any atom is 0.312 e. The van der Waals surface area contributed by atoms with Crippen molar-refractivity contribution in [3.8, 4) is 0 Å². The zero-order chi connectivity index (χ0) is 15.3. The van der Waals surface area contributed by atoms with E-state index >= 15 is 0 Å². The molecule has 5 nitrogen and oxygen atoms in total. The molecule has 112 valence electrons. The van der Waals surface area contributed by atoms with Crippen LogP contribution in [0.15, 0.2) is 12.5 Å². The van der Waals surface area contributed by atoms with Crippen molar-refractivity contribution in [3.63, 3.8) is 0 Å². The summed E-state index contributed by atoms with van der Waals surface area (Å²) in [5.74, 6) is -0.289. The van der Waals surface area contributed by atoms with E-state index in [0.717, 1.165) is 5.69 Å². The Morgan fingerprint density at radius 2 is 2.15 bits per heavy atom. The molecule has 0 spiro atoms. The van der Waals surface area contributed by atoms with Gasteiger partial charge in [0.25, 0.3) is 0 Å². The average molecular weight is 280 g/mol. The average Bonchev–Trinajstić information content (AvgIpc) is 2.81. The summed E-state index contributed by atoms with van der Waals surface area (Å²) >= 11 is 0. The van der Waals surface area contributed by atoms with Gasteiger partial charge in [-0.25, -0.2) is 4.98 Å². The summed E-state index contributed by atoms with van der Waals surface area (Å²) in [7, 11) is 1.85. The largest absolute Gasteiger partial charge is 0.459 e. The lowest BCUT2D eigenvalue weighted by Crippen LogP contribution is -2.32. The van der Waals surface area contributed by atoms with Crippen molar-refractivity contribution in [2.45, 2.75) is 47.1 Å². The van der Waals surface area contributed by atoms with Crippen molar-refractivity contribution in [2.75, 3.05) is 0 Å². The van der Waals surface area contributed by atoms with E-state index in [1.54, 1.807) is 19.4 Å². The summed E-state index contributed by atoms with van der Waals surface area (Å²) in [5, 5.41) is 0. The maximum atomic E-state index is 12.3. The highest BCUT2D eigenvalue weighted by Crippen LogP contribution is 2.32. The van der Waals surface area contributed by atoms with Gasteiger partial charge in [-0.2, -0.15) is 0 Å². The van der Waals surface area contributed by atoms with Crippen LogP contribution < -0.4 is 0 Å². The van der Waals surface area contributed by atoms with Gasteiger partial charge in [0.2, 0.25) is 0 Å². The third kappa shape index (κ3) is 3.92. The summed E-state index contributed by atoms with van der Waals surface area (Å²) in [6, 6.07) is 0. The molecule has 0 aromatic carbocycles. The van der Waals surface area contributed by atoms with Crippen LogP contribution in [0.3, 0.4) is 0 Å². The van der Waals surface area contributed by atoms with Crippen LogP contribution in [0.4, 0.5) is 0 Å². The van der Waals surface area contributed by atoms with E-state index in [-0.39, 0.29) is 24.3 Å². The Hall–Kier alpha value is -1.65. The second-order valence-electron chi connectivity index (χ2n) is 5.70. The SMILES string of the molecule is CCC(C)(CC(C)C(C)=O)C(=O)OCc1cncn1C. The molecule has 2 atom stereocenters. The molecule has 1 aromatic heterocycles. The predicted molar refractivity (Wildman–Crippen MR) is 75.9 cm³/mol. The second-order valence-corrected chi connectivity index (χ2v) is 5.70. The fraction of sp³-hybridized carbons (Fsp3) is 0.667. The van der Waals surface area contributed by atoms with Gasteiger partial charge in [-0.15, -0.1) is 0 Å². The number of carbonyl (C=O) groups excluding carboxylic acids is 2. The molecule has 20 heavy (non-hydrogen) atoms. The van der Waals surface area contributed by atoms with Crippen LogP contribution in [0.1, 0.15) is 46.2 Å². The summed E-state index contributed by atoms with van der Waals surface area (Å²) in [5.41, 5.74) is 0.223. The van der Waals surface area contributed by atoms with E-state index in [2.05, 4.69) is 4.98 Å². The minimum Gasteiger partial charge on any atom is -0.459 e. The number of aryl methyl sites for hydroxylation is 1. The zero-order valence-corrected chi connectivity index (χ0v) is 13.0. The molecular weight excluding hydrogens is 256 g/mol. The van der Waals surface area contributed by atoms with Gasteiger partial charge in [0.05, 0.1) is 23.6 Å². The van der Waals surface area contributed by atoms with E-state index in [4.69, 9.17) is 4.74 Å². The Labute approximate surface area is 120 Å². The molecule has 1 aromatic rings. The summed E-state index contributed by atoms with van der Waals surface area (Å²) in [6.07, 6.45) is 4.51. The lowest BCUT2D eigenvalue weighted by atomic mass is 9.78. The van der Waals surface area contributed by atoms with Crippen molar-refractivity contribution in [1.29, 1.82) is 0 Å². The van der Waals surface area contributed by atoms with Crippen LogP contribution in [0, 0.1) is 11.3 Å². The molecule has 0 aliphatic heterocycles. The van der Waals surface area contributed by atoms with E-state index in [1.807, 2.05) is 32.4 Å². The van der Waals surface area contributed by atoms with Crippen molar-refractivity contribution in [2.24, 2.45) is 18.4 Å². The van der Waals surface area contributed by atoms with E-state index in [9.17, 15) is 9.59 Å². The van der Waals surface area contributed by atoms with Crippen molar-refractivity contribution < 1.29 is 14.3 Å². The summed E-state index contributed by atoms with van der Waals surface area (Å²) < 4.78 is 7.21. The Kier molecular flexibility index (Phi) is 5.48. The fourth-order valence-electron chi connectivity index (χ4n) is 2.03. The minimum atomic E-state index is -0.621. The molecule has 1 rings (SSSR count). The normalized spacial score (nSPS) is 15.4. The Balaban J connectivity index is 2.66. The number of hydrogen-bond acceptors (Lipinski definition) is 4. The topological polar surface area (TPSA) is 61.2 Å². The quantitative estimate of drug-likeness (QED) is 0.720. The highest BCUT2D eigenvalue weighted by Gasteiger charge is 2.35. The van der Waals surface area contributed by atoms with Gasteiger partial charge < -0.3 is 9.30 Å². The van der Waals surface area contributed by atoms with Crippen LogP contribution in [0.5, 0.6) is 0 Å². The lowest BCUT2D eigenvalue weighted by molar-refractivity contribution is -0.158. The van der Waals surface area contributed by atoms with Gasteiger partial charge in [0.1, 0.15) is 12.4 Å². The number of Topliss-reactive ketones (excluding diaryl/α,β-unsaturated/α-hetero) is 1. The van der Waals surface area contributed by atoms with Gasteiger partial charge >= 0.3 is 5.97 Å².